The van der Waals surface area contributed by atoms with Crippen molar-refractivity contribution in [1.29, 1.82) is 0 Å². The Morgan fingerprint density at radius 1 is 0.818 bits per heavy atom. The quantitative estimate of drug-likeness (QED) is 0.520. The summed E-state index contributed by atoms with van der Waals surface area (Å²) in [6.07, 6.45) is 6.60. The van der Waals surface area contributed by atoms with E-state index >= 15 is 0 Å². The molecule has 2 saturated heterocycles. The molecule has 0 atom stereocenters. The van der Waals surface area contributed by atoms with Gasteiger partial charge in [0.2, 0.25) is 6.55 Å². The summed E-state index contributed by atoms with van der Waals surface area (Å²) < 4.78 is 0. The van der Waals surface area contributed by atoms with Crippen molar-refractivity contribution in [1.82, 2.24) is 0 Å². The molecule has 0 aromatic rings. The second-order valence-electron chi connectivity index (χ2n) is 4.29. The van der Waals surface area contributed by atoms with Crippen LogP contribution in [-0.4, -0.2) is 16.6 Å². The Labute approximate surface area is 67.6 Å². The first-order valence-electron chi connectivity index (χ1n) is 4.82. The number of hydrogen-bond donors (Lipinski definition) is 2. The molecule has 0 amide bonds. The van der Waals surface area contributed by atoms with Crippen LogP contribution in [0.25, 0.3) is 0 Å². The topological polar surface area (TPSA) is 40.5 Å². The zero-order valence-electron chi connectivity index (χ0n) is 6.87. The van der Waals surface area contributed by atoms with Crippen LogP contribution >= 0.6 is 0 Å². The minimum atomic E-state index is -1.95. The highest BCUT2D eigenvalue weighted by Crippen LogP contribution is 2.49. The second kappa shape index (κ2) is 2.49. The molecular weight excluding hydrogens is 139 g/mol. The second-order valence-corrected chi connectivity index (χ2v) is 4.29. The van der Waals surface area contributed by atoms with E-state index in [0.717, 1.165) is 25.7 Å². The first kappa shape index (κ1) is 7.62. The number of hydrogen-bond acceptors (Lipinski definition) is 2. The maximum Gasteiger partial charge on any atom is 0.241 e. The molecule has 2 heterocycles. The minimum Gasteiger partial charge on any atom is -0.583 e. The van der Waals surface area contributed by atoms with Crippen molar-refractivity contribution in [2.45, 2.75) is 50.2 Å². The van der Waals surface area contributed by atoms with Gasteiger partial charge in [0.25, 0.3) is 0 Å². The number of fused-ring (bicyclic) bond motifs is 2. The Kier molecular flexibility index (Phi) is 1.73. The summed E-state index contributed by atoms with van der Waals surface area (Å²) in [5.41, 5.74) is 0. The van der Waals surface area contributed by atoms with Gasteiger partial charge in [-0.2, -0.15) is 0 Å². The van der Waals surface area contributed by atoms with Crippen molar-refractivity contribution in [3.63, 3.8) is 0 Å². The van der Waals surface area contributed by atoms with E-state index in [1.165, 1.54) is 12.8 Å². The van der Waals surface area contributed by atoms with Crippen molar-refractivity contribution in [2.24, 2.45) is 0 Å². The smallest absolute Gasteiger partial charge is 0.241 e. The predicted octanol–water partition coefficient (Wildman–Crippen LogP) is 1.52. The van der Waals surface area contributed by atoms with Crippen molar-refractivity contribution < 1.29 is 10.0 Å². The molecule has 0 aromatic carbocycles. The molecule has 2 nitrogen and oxygen atoms in total. The molecule has 0 saturated carbocycles. The van der Waals surface area contributed by atoms with E-state index < -0.39 is 6.55 Å². The average molecular weight is 155 g/mol. The monoisotopic (exact) mass is 155 g/mol. The molecule has 3 heteroatoms. The fourth-order valence-electron chi connectivity index (χ4n) is 2.94. The zero-order valence-corrected chi connectivity index (χ0v) is 6.87. The Morgan fingerprint density at radius 2 is 1.18 bits per heavy atom. The molecule has 2 N–H and O–H groups in total. The molecule has 2 rings (SSSR count). The van der Waals surface area contributed by atoms with Crippen LogP contribution in [0.4, 0.5) is 0 Å². The predicted molar refractivity (Wildman–Crippen MR) is 45.4 cm³/mol. The third-order valence-electron chi connectivity index (χ3n) is 3.69. The third-order valence-corrected chi connectivity index (χ3v) is 3.69. The van der Waals surface area contributed by atoms with E-state index in [-0.39, 0.29) is 11.6 Å². The lowest BCUT2D eigenvalue weighted by Gasteiger charge is -2.51. The fourth-order valence-corrected chi connectivity index (χ4v) is 2.94. The molecule has 0 spiro atoms. The van der Waals surface area contributed by atoms with Crippen molar-refractivity contribution in [2.75, 3.05) is 0 Å². The Bertz CT molecular complexity index is 134. The molecule has 64 valence electrons. The summed E-state index contributed by atoms with van der Waals surface area (Å²) >= 11 is 0. The van der Waals surface area contributed by atoms with Gasteiger partial charge in [-0.25, -0.2) is 0 Å². The Morgan fingerprint density at radius 3 is 1.45 bits per heavy atom. The van der Waals surface area contributed by atoms with Gasteiger partial charge in [0.1, 0.15) is 0 Å². The summed E-state index contributed by atoms with van der Waals surface area (Å²) in [4.78, 5) is 0. The lowest BCUT2D eigenvalue weighted by molar-refractivity contribution is 0.249. The summed E-state index contributed by atoms with van der Waals surface area (Å²) in [6.45, 7) is -1.95. The van der Waals surface area contributed by atoms with Gasteiger partial charge < -0.3 is 10.0 Å². The molecular formula is C8H16BO2-. The van der Waals surface area contributed by atoms with Crippen LogP contribution in [0.3, 0.4) is 0 Å². The average Bonchev–Trinajstić information content (AvgIpc) is 1.82. The molecule has 0 radical (unpaired) electrons. The highest BCUT2D eigenvalue weighted by atomic mass is 16.4. The van der Waals surface area contributed by atoms with Crippen LogP contribution in [0.2, 0.25) is 11.6 Å². The highest BCUT2D eigenvalue weighted by Gasteiger charge is 2.42. The van der Waals surface area contributed by atoms with Gasteiger partial charge in [-0.15, -0.1) is 11.6 Å². The maximum atomic E-state index is 9.77. The van der Waals surface area contributed by atoms with E-state index in [0.29, 0.717) is 0 Å². The lowest BCUT2D eigenvalue weighted by atomic mass is 9.32. The van der Waals surface area contributed by atoms with Crippen LogP contribution < -0.4 is 0 Å². The van der Waals surface area contributed by atoms with E-state index in [4.69, 9.17) is 0 Å². The third kappa shape index (κ3) is 1.11. The highest BCUT2D eigenvalue weighted by molar-refractivity contribution is 6.68. The molecule has 2 fully saturated rings. The van der Waals surface area contributed by atoms with Crippen LogP contribution in [-0.2, 0) is 0 Å². The summed E-state index contributed by atoms with van der Waals surface area (Å²) in [5, 5.41) is 19.5. The van der Waals surface area contributed by atoms with Crippen molar-refractivity contribution in [3.05, 3.63) is 0 Å². The summed E-state index contributed by atoms with van der Waals surface area (Å²) in [5.74, 6) is 0.477. The Balaban J connectivity index is 2.17. The SMILES string of the molecule is O[B-]1(O)C2CCCC1CCC2. The van der Waals surface area contributed by atoms with Gasteiger partial charge >= 0.3 is 0 Å². The van der Waals surface area contributed by atoms with Crippen LogP contribution in [0, 0.1) is 0 Å². The van der Waals surface area contributed by atoms with Gasteiger partial charge in [-0.3, -0.25) is 0 Å². The van der Waals surface area contributed by atoms with E-state index in [9.17, 15) is 10.0 Å². The summed E-state index contributed by atoms with van der Waals surface area (Å²) in [7, 11) is 0. The van der Waals surface area contributed by atoms with Crippen LogP contribution in [0.1, 0.15) is 38.5 Å². The largest absolute Gasteiger partial charge is 0.583 e. The molecule has 11 heavy (non-hydrogen) atoms. The van der Waals surface area contributed by atoms with E-state index in [1.807, 2.05) is 0 Å². The van der Waals surface area contributed by atoms with Crippen molar-refractivity contribution in [3.8, 4) is 0 Å². The van der Waals surface area contributed by atoms with E-state index in [2.05, 4.69) is 0 Å². The fraction of sp³-hybridized carbons (Fsp3) is 1.00. The van der Waals surface area contributed by atoms with Crippen LogP contribution in [0.5, 0.6) is 0 Å². The molecule has 0 aliphatic carbocycles. The normalized spacial score (nSPS) is 42.0. The zero-order chi connectivity index (χ0) is 7.90. The standard InChI is InChI=1S/C8H16BO2/c10-9(11)7-3-1-4-8(9)6-2-5-7/h7-8,10-11H,1-6H2/q-1. The molecule has 0 aromatic heterocycles. The van der Waals surface area contributed by atoms with Gasteiger partial charge in [-0.05, 0) is 0 Å². The van der Waals surface area contributed by atoms with Gasteiger partial charge in [0, 0.05) is 0 Å². The van der Waals surface area contributed by atoms with Gasteiger partial charge in [0.15, 0.2) is 0 Å². The van der Waals surface area contributed by atoms with Gasteiger partial charge in [-0.1, -0.05) is 38.5 Å². The minimum absolute atomic E-state index is 0.238. The maximum absolute atomic E-state index is 9.77. The first-order valence-corrected chi connectivity index (χ1v) is 4.82. The van der Waals surface area contributed by atoms with Crippen LogP contribution in [0.15, 0.2) is 0 Å². The van der Waals surface area contributed by atoms with E-state index in [1.54, 1.807) is 0 Å². The molecule has 2 aliphatic heterocycles. The molecule has 2 bridgehead atoms. The lowest BCUT2D eigenvalue weighted by Crippen LogP contribution is -2.50. The van der Waals surface area contributed by atoms with Crippen molar-refractivity contribution >= 4 is 6.55 Å². The molecule has 2 aliphatic rings. The summed E-state index contributed by atoms with van der Waals surface area (Å²) in [6, 6.07) is 0. The first-order chi connectivity index (χ1) is 5.21. The van der Waals surface area contributed by atoms with Gasteiger partial charge in [0.05, 0.1) is 0 Å². The molecule has 0 unspecified atom stereocenters. The number of rotatable bonds is 0. The Hall–Kier alpha value is -0.0151.